The van der Waals surface area contributed by atoms with Crippen LogP contribution in [0.15, 0.2) is 45.8 Å². The summed E-state index contributed by atoms with van der Waals surface area (Å²) in [6.45, 7) is 0. The zero-order chi connectivity index (χ0) is 19.0. The van der Waals surface area contributed by atoms with E-state index in [0.29, 0.717) is 24.1 Å². The average molecular weight is 369 g/mol. The van der Waals surface area contributed by atoms with Crippen LogP contribution in [0.2, 0.25) is 0 Å². The van der Waals surface area contributed by atoms with Gasteiger partial charge < -0.3 is 21.0 Å². The number of hydrogen-bond donors (Lipinski definition) is 4. The van der Waals surface area contributed by atoms with E-state index >= 15 is 0 Å². The van der Waals surface area contributed by atoms with Crippen LogP contribution >= 0.6 is 0 Å². The Hall–Kier alpha value is -2.85. The molecule has 0 amide bonds. The molecule has 0 fully saturated rings. The molecule has 25 heavy (non-hydrogen) atoms. The van der Waals surface area contributed by atoms with Crippen molar-refractivity contribution in [2.45, 2.75) is 12.8 Å². The maximum Gasteiger partial charge on any atom is 0.371 e. The Balaban J connectivity index is 0.000000550. The number of aliphatic imine (C=N–C) groups is 1. The molecule has 0 saturated heterocycles. The minimum atomic E-state index is -3.67. The van der Waals surface area contributed by atoms with Gasteiger partial charge in [0.05, 0.1) is 11.9 Å². The first-order chi connectivity index (χ1) is 11.5. The number of guanidine groups is 1. The Morgan fingerprint density at radius 1 is 1.12 bits per heavy atom. The highest BCUT2D eigenvalue weighted by Gasteiger charge is 2.08. The Kier molecular flexibility index (Phi) is 7.15. The second-order valence-electron chi connectivity index (χ2n) is 5.01. The van der Waals surface area contributed by atoms with Crippen molar-refractivity contribution in [3.63, 3.8) is 0 Å². The average Bonchev–Trinajstić information content (AvgIpc) is 2.93. The van der Waals surface area contributed by atoms with Crippen molar-refractivity contribution in [2.24, 2.45) is 16.5 Å². The minimum absolute atomic E-state index is 0.0227. The Morgan fingerprint density at radius 3 is 2.12 bits per heavy atom. The Morgan fingerprint density at radius 2 is 1.68 bits per heavy atom. The molecule has 10 heteroatoms. The number of carboxylic acids is 1. The van der Waals surface area contributed by atoms with E-state index in [-0.39, 0.29) is 11.7 Å². The lowest BCUT2D eigenvalue weighted by Crippen LogP contribution is -2.21. The van der Waals surface area contributed by atoms with Crippen molar-refractivity contribution in [3.05, 3.63) is 53.5 Å². The number of furan rings is 1. The molecule has 0 unspecified atom stereocenters. The quantitative estimate of drug-likeness (QED) is 0.346. The van der Waals surface area contributed by atoms with E-state index in [4.69, 9.17) is 25.5 Å². The van der Waals surface area contributed by atoms with E-state index in [2.05, 4.69) is 4.99 Å². The lowest BCUT2D eigenvalue weighted by atomic mass is 10.1. The molecule has 1 heterocycles. The largest absolute Gasteiger partial charge is 0.475 e. The molecule has 0 atom stereocenters. The Labute approximate surface area is 144 Å². The minimum Gasteiger partial charge on any atom is -0.475 e. The third-order valence-electron chi connectivity index (χ3n) is 2.73. The number of aromatic carboxylic acids is 1. The second kappa shape index (κ2) is 8.85. The highest BCUT2D eigenvalue weighted by molar-refractivity contribution is 7.85. The van der Waals surface area contributed by atoms with Crippen molar-refractivity contribution in [3.8, 4) is 0 Å². The smallest absolute Gasteiger partial charge is 0.371 e. The third kappa shape index (κ3) is 9.13. The highest BCUT2D eigenvalue weighted by Crippen LogP contribution is 2.15. The van der Waals surface area contributed by atoms with Gasteiger partial charge in [-0.1, -0.05) is 12.1 Å². The van der Waals surface area contributed by atoms with Crippen LogP contribution in [0.25, 0.3) is 0 Å². The number of rotatable bonds is 5. The van der Waals surface area contributed by atoms with E-state index in [9.17, 15) is 13.2 Å². The Bertz CT molecular complexity index is 828. The normalized spacial score (nSPS) is 10.5. The number of nitrogens with zero attached hydrogens (tertiary/aromatic N) is 1. The monoisotopic (exact) mass is 369 g/mol. The molecule has 2 aromatic rings. The van der Waals surface area contributed by atoms with E-state index in [1.165, 1.54) is 6.07 Å². The summed E-state index contributed by atoms with van der Waals surface area (Å²) in [5.41, 5.74) is 12.4. The summed E-state index contributed by atoms with van der Waals surface area (Å²) in [7, 11) is -3.67. The van der Waals surface area contributed by atoms with Gasteiger partial charge in [-0.2, -0.15) is 8.42 Å². The number of aryl methyl sites for hydroxylation is 2. The number of benzene rings is 1. The summed E-state index contributed by atoms with van der Waals surface area (Å²) in [6, 6.07) is 10.6. The summed E-state index contributed by atoms with van der Waals surface area (Å²) >= 11 is 0. The van der Waals surface area contributed by atoms with Gasteiger partial charge in [-0.25, -0.2) is 9.79 Å². The fraction of sp³-hybridized carbons (Fsp3) is 0.200. The van der Waals surface area contributed by atoms with Gasteiger partial charge in [-0.15, -0.1) is 0 Å². The van der Waals surface area contributed by atoms with Crippen LogP contribution in [-0.4, -0.2) is 36.3 Å². The topological polar surface area (TPSA) is 169 Å². The van der Waals surface area contributed by atoms with Crippen LogP contribution in [0, 0.1) is 0 Å². The standard InChI is InChI=1S/C14H15N3O3.CH4O3S/c15-14(16)17-10-4-1-9(2-5-10)3-6-11-7-8-12(20-11)13(18)19;1-5(2,3)4/h1-2,4-5,7-8H,3,6H2,(H,18,19)(H4,15,16,17);1H3,(H,2,3,4). The van der Waals surface area contributed by atoms with E-state index < -0.39 is 16.1 Å². The van der Waals surface area contributed by atoms with Crippen molar-refractivity contribution < 1.29 is 27.3 Å². The van der Waals surface area contributed by atoms with Gasteiger partial charge in [-0.05, 0) is 36.2 Å². The predicted octanol–water partition coefficient (Wildman–Crippen LogP) is 1.17. The highest BCUT2D eigenvalue weighted by atomic mass is 32.2. The summed E-state index contributed by atoms with van der Waals surface area (Å²) in [5, 5.41) is 8.76. The molecular formula is C15H19N3O6S. The number of carboxylic acid groups (broad SMARTS) is 1. The second-order valence-corrected chi connectivity index (χ2v) is 6.47. The van der Waals surface area contributed by atoms with Gasteiger partial charge in [0.1, 0.15) is 5.76 Å². The molecule has 0 spiro atoms. The first-order valence-corrected chi connectivity index (χ1v) is 8.82. The van der Waals surface area contributed by atoms with Crippen molar-refractivity contribution in [1.82, 2.24) is 0 Å². The van der Waals surface area contributed by atoms with E-state index in [1.54, 1.807) is 6.07 Å². The van der Waals surface area contributed by atoms with Gasteiger partial charge >= 0.3 is 5.97 Å². The van der Waals surface area contributed by atoms with Crippen molar-refractivity contribution in [2.75, 3.05) is 6.26 Å². The zero-order valence-corrected chi connectivity index (χ0v) is 14.2. The number of carbonyl (C=O) groups is 1. The first kappa shape index (κ1) is 20.2. The molecule has 136 valence electrons. The molecule has 9 nitrogen and oxygen atoms in total. The zero-order valence-electron chi connectivity index (χ0n) is 13.4. The summed E-state index contributed by atoms with van der Waals surface area (Å²) in [6.07, 6.45) is 2.09. The van der Waals surface area contributed by atoms with Gasteiger partial charge in [0.25, 0.3) is 10.1 Å². The third-order valence-corrected chi connectivity index (χ3v) is 2.73. The van der Waals surface area contributed by atoms with Crippen LogP contribution in [0.3, 0.4) is 0 Å². The van der Waals surface area contributed by atoms with Gasteiger partial charge in [0.15, 0.2) is 5.96 Å². The summed E-state index contributed by atoms with van der Waals surface area (Å²) in [5.74, 6) is -0.425. The molecule has 6 N–H and O–H groups in total. The molecule has 0 saturated carbocycles. The molecule has 0 radical (unpaired) electrons. The molecule has 2 rings (SSSR count). The van der Waals surface area contributed by atoms with Crippen LogP contribution in [0.4, 0.5) is 5.69 Å². The molecule has 0 aliphatic carbocycles. The summed E-state index contributed by atoms with van der Waals surface area (Å²) in [4.78, 5) is 14.6. The fourth-order valence-corrected chi connectivity index (χ4v) is 1.78. The lowest BCUT2D eigenvalue weighted by Gasteiger charge is -2.01. The van der Waals surface area contributed by atoms with Gasteiger partial charge in [-0.3, -0.25) is 4.55 Å². The predicted molar refractivity (Wildman–Crippen MR) is 92.5 cm³/mol. The molecule has 0 aliphatic rings. The van der Waals surface area contributed by atoms with Crippen LogP contribution < -0.4 is 11.5 Å². The number of hydrogen-bond acceptors (Lipinski definition) is 5. The molecule has 0 bridgehead atoms. The van der Waals surface area contributed by atoms with Crippen molar-refractivity contribution >= 4 is 27.7 Å². The molecule has 1 aromatic carbocycles. The maximum absolute atomic E-state index is 10.7. The maximum atomic E-state index is 10.7. The van der Waals surface area contributed by atoms with Crippen LogP contribution in [-0.2, 0) is 23.0 Å². The molecule has 0 aliphatic heterocycles. The lowest BCUT2D eigenvalue weighted by molar-refractivity contribution is 0.0660. The van der Waals surface area contributed by atoms with E-state index in [0.717, 1.165) is 12.0 Å². The van der Waals surface area contributed by atoms with Gasteiger partial charge in [0.2, 0.25) is 5.76 Å². The molecular weight excluding hydrogens is 350 g/mol. The van der Waals surface area contributed by atoms with E-state index in [1.807, 2.05) is 24.3 Å². The van der Waals surface area contributed by atoms with Crippen LogP contribution in [0.1, 0.15) is 21.9 Å². The molecule has 1 aromatic heterocycles. The first-order valence-electron chi connectivity index (χ1n) is 6.97. The number of nitrogens with two attached hydrogens (primary N) is 2. The van der Waals surface area contributed by atoms with Crippen LogP contribution in [0.5, 0.6) is 0 Å². The SMILES string of the molecule is CS(=O)(=O)O.NC(N)=Nc1ccc(CCc2ccc(C(=O)O)o2)cc1. The summed E-state index contributed by atoms with van der Waals surface area (Å²) < 4.78 is 31.1. The van der Waals surface area contributed by atoms with Gasteiger partial charge in [0, 0.05) is 6.42 Å². The fourth-order valence-electron chi connectivity index (χ4n) is 1.78. The van der Waals surface area contributed by atoms with Crippen molar-refractivity contribution in [1.29, 1.82) is 0 Å².